The number of hydrogen-bond donors (Lipinski definition) is 1. The van der Waals surface area contributed by atoms with Crippen molar-refractivity contribution < 1.29 is 9.21 Å². The van der Waals surface area contributed by atoms with Gasteiger partial charge in [-0.25, -0.2) is 0 Å². The number of aryl methyl sites for hydroxylation is 1. The molecule has 114 valence electrons. The SMILES string of the molecule is Cc1ccc(CN(C)C(C)C(=O)NCCc2cccs2)o1. The molecule has 2 heterocycles. The van der Waals surface area contributed by atoms with E-state index in [1.807, 2.05) is 44.0 Å². The van der Waals surface area contributed by atoms with Crippen molar-refractivity contribution in [2.45, 2.75) is 32.9 Å². The van der Waals surface area contributed by atoms with Crippen LogP contribution < -0.4 is 5.32 Å². The molecular formula is C16H22N2O2S. The summed E-state index contributed by atoms with van der Waals surface area (Å²) >= 11 is 1.72. The molecule has 0 bridgehead atoms. The number of furan rings is 1. The molecule has 2 aromatic rings. The zero-order chi connectivity index (χ0) is 15.2. The lowest BCUT2D eigenvalue weighted by Crippen LogP contribution is -2.43. The Kier molecular flexibility index (Phi) is 5.59. The summed E-state index contributed by atoms with van der Waals surface area (Å²) in [6, 6.07) is 7.83. The Bertz CT molecular complexity index is 563. The Hall–Kier alpha value is -1.59. The van der Waals surface area contributed by atoms with Gasteiger partial charge in [0.1, 0.15) is 11.5 Å². The fourth-order valence-corrected chi connectivity index (χ4v) is 2.77. The number of carbonyl (C=O) groups is 1. The second kappa shape index (κ2) is 7.43. The molecule has 2 rings (SSSR count). The lowest BCUT2D eigenvalue weighted by atomic mass is 10.2. The van der Waals surface area contributed by atoms with E-state index in [9.17, 15) is 4.79 Å². The van der Waals surface area contributed by atoms with Crippen molar-refractivity contribution in [3.63, 3.8) is 0 Å². The van der Waals surface area contributed by atoms with E-state index in [4.69, 9.17) is 4.42 Å². The van der Waals surface area contributed by atoms with Crippen molar-refractivity contribution in [2.24, 2.45) is 0 Å². The van der Waals surface area contributed by atoms with E-state index < -0.39 is 0 Å². The number of likely N-dealkylation sites (N-methyl/N-ethyl adjacent to an activating group) is 1. The summed E-state index contributed by atoms with van der Waals surface area (Å²) in [5.74, 6) is 1.83. The highest BCUT2D eigenvalue weighted by Gasteiger charge is 2.18. The molecule has 0 saturated carbocycles. The van der Waals surface area contributed by atoms with Gasteiger partial charge in [-0.1, -0.05) is 6.07 Å². The minimum atomic E-state index is -0.182. The van der Waals surface area contributed by atoms with Crippen LogP contribution in [0.15, 0.2) is 34.1 Å². The molecule has 0 aliphatic heterocycles. The molecule has 1 amide bonds. The van der Waals surface area contributed by atoms with Gasteiger partial charge in [-0.2, -0.15) is 0 Å². The molecule has 1 unspecified atom stereocenters. The molecule has 21 heavy (non-hydrogen) atoms. The van der Waals surface area contributed by atoms with Gasteiger partial charge in [-0.3, -0.25) is 9.69 Å². The highest BCUT2D eigenvalue weighted by atomic mass is 32.1. The largest absolute Gasteiger partial charge is 0.465 e. The summed E-state index contributed by atoms with van der Waals surface area (Å²) in [5, 5.41) is 5.04. The Balaban J connectivity index is 1.75. The number of nitrogens with one attached hydrogen (secondary N) is 1. The van der Waals surface area contributed by atoms with Crippen molar-refractivity contribution in [1.82, 2.24) is 10.2 Å². The average molecular weight is 306 g/mol. The van der Waals surface area contributed by atoms with Crippen LogP contribution in [0.2, 0.25) is 0 Å². The monoisotopic (exact) mass is 306 g/mol. The van der Waals surface area contributed by atoms with Crippen LogP contribution in [0.25, 0.3) is 0 Å². The van der Waals surface area contributed by atoms with Gasteiger partial charge in [-0.15, -0.1) is 11.3 Å². The van der Waals surface area contributed by atoms with E-state index in [0.717, 1.165) is 17.9 Å². The summed E-state index contributed by atoms with van der Waals surface area (Å²) in [4.78, 5) is 15.4. The predicted octanol–water partition coefficient (Wildman–Crippen LogP) is 2.83. The van der Waals surface area contributed by atoms with Crippen LogP contribution in [0.1, 0.15) is 23.3 Å². The topological polar surface area (TPSA) is 45.5 Å². The summed E-state index contributed by atoms with van der Waals surface area (Å²) in [5.41, 5.74) is 0. The Morgan fingerprint density at radius 1 is 1.43 bits per heavy atom. The first-order valence-electron chi connectivity index (χ1n) is 7.12. The highest BCUT2D eigenvalue weighted by Crippen LogP contribution is 2.11. The molecule has 1 N–H and O–H groups in total. The average Bonchev–Trinajstić information content (AvgIpc) is 3.09. The van der Waals surface area contributed by atoms with Crippen LogP contribution in [0, 0.1) is 6.92 Å². The van der Waals surface area contributed by atoms with E-state index >= 15 is 0 Å². The summed E-state index contributed by atoms with van der Waals surface area (Å²) in [7, 11) is 1.93. The van der Waals surface area contributed by atoms with Crippen molar-refractivity contribution in [2.75, 3.05) is 13.6 Å². The molecule has 1 atom stereocenters. The van der Waals surface area contributed by atoms with Gasteiger partial charge >= 0.3 is 0 Å². The molecule has 0 spiro atoms. The van der Waals surface area contributed by atoms with Crippen molar-refractivity contribution in [3.05, 3.63) is 46.0 Å². The number of rotatable bonds is 7. The second-order valence-corrected chi connectivity index (χ2v) is 6.26. The van der Waals surface area contributed by atoms with Crippen LogP contribution in [0.5, 0.6) is 0 Å². The van der Waals surface area contributed by atoms with Gasteiger partial charge in [0.2, 0.25) is 5.91 Å². The number of hydrogen-bond acceptors (Lipinski definition) is 4. The van der Waals surface area contributed by atoms with Crippen LogP contribution in [0.4, 0.5) is 0 Å². The molecular weight excluding hydrogens is 284 g/mol. The second-order valence-electron chi connectivity index (χ2n) is 5.22. The molecule has 0 radical (unpaired) electrons. The van der Waals surface area contributed by atoms with Gasteiger partial charge in [0.25, 0.3) is 0 Å². The third-order valence-corrected chi connectivity index (χ3v) is 4.43. The van der Waals surface area contributed by atoms with Gasteiger partial charge in [0, 0.05) is 11.4 Å². The predicted molar refractivity (Wildman–Crippen MR) is 85.4 cm³/mol. The number of thiophene rings is 1. The molecule has 0 aliphatic carbocycles. The van der Waals surface area contributed by atoms with Crippen LogP contribution in [-0.2, 0) is 17.8 Å². The third-order valence-electron chi connectivity index (χ3n) is 3.49. The van der Waals surface area contributed by atoms with Gasteiger partial charge in [0.15, 0.2) is 0 Å². The Morgan fingerprint density at radius 3 is 2.86 bits per heavy atom. The minimum Gasteiger partial charge on any atom is -0.465 e. The van der Waals surface area contributed by atoms with Crippen LogP contribution >= 0.6 is 11.3 Å². The van der Waals surface area contributed by atoms with E-state index in [0.29, 0.717) is 13.1 Å². The molecule has 0 aliphatic rings. The molecule has 0 fully saturated rings. The lowest BCUT2D eigenvalue weighted by molar-refractivity contribution is -0.125. The Labute approximate surface area is 129 Å². The lowest BCUT2D eigenvalue weighted by Gasteiger charge is -2.22. The molecule has 5 heteroatoms. The first-order chi connectivity index (χ1) is 10.1. The molecule has 2 aromatic heterocycles. The van der Waals surface area contributed by atoms with Gasteiger partial charge in [-0.05, 0) is 50.9 Å². The molecule has 0 saturated heterocycles. The molecule has 0 aromatic carbocycles. The molecule has 4 nitrogen and oxygen atoms in total. The maximum absolute atomic E-state index is 12.1. The normalized spacial score (nSPS) is 12.6. The summed E-state index contributed by atoms with van der Waals surface area (Å²) in [6.07, 6.45) is 0.886. The maximum Gasteiger partial charge on any atom is 0.237 e. The standard InChI is InChI=1S/C16H22N2O2S/c1-12-6-7-14(20-12)11-18(3)13(2)16(19)17-9-8-15-5-4-10-21-15/h4-7,10,13H,8-9,11H2,1-3H3,(H,17,19). The highest BCUT2D eigenvalue weighted by molar-refractivity contribution is 7.09. The first kappa shape index (κ1) is 15.8. The summed E-state index contributed by atoms with van der Waals surface area (Å²) in [6.45, 7) is 5.14. The fourth-order valence-electron chi connectivity index (χ4n) is 2.06. The summed E-state index contributed by atoms with van der Waals surface area (Å²) < 4.78 is 5.54. The minimum absolute atomic E-state index is 0.0531. The Morgan fingerprint density at radius 2 is 2.24 bits per heavy atom. The van der Waals surface area contributed by atoms with E-state index in [-0.39, 0.29) is 11.9 Å². The smallest absolute Gasteiger partial charge is 0.237 e. The van der Waals surface area contributed by atoms with Crippen LogP contribution in [-0.4, -0.2) is 30.4 Å². The zero-order valence-corrected chi connectivity index (χ0v) is 13.6. The van der Waals surface area contributed by atoms with E-state index in [1.165, 1.54) is 4.88 Å². The quantitative estimate of drug-likeness (QED) is 0.855. The zero-order valence-electron chi connectivity index (χ0n) is 12.8. The van der Waals surface area contributed by atoms with Crippen molar-refractivity contribution in [1.29, 1.82) is 0 Å². The third kappa shape index (κ3) is 4.72. The maximum atomic E-state index is 12.1. The number of amides is 1. The van der Waals surface area contributed by atoms with Gasteiger partial charge < -0.3 is 9.73 Å². The number of nitrogens with zero attached hydrogens (tertiary/aromatic N) is 1. The van der Waals surface area contributed by atoms with E-state index in [2.05, 4.69) is 16.8 Å². The number of carbonyl (C=O) groups excluding carboxylic acids is 1. The van der Waals surface area contributed by atoms with Gasteiger partial charge in [0.05, 0.1) is 12.6 Å². The van der Waals surface area contributed by atoms with Crippen LogP contribution in [0.3, 0.4) is 0 Å². The first-order valence-corrected chi connectivity index (χ1v) is 8.00. The fraction of sp³-hybridized carbons (Fsp3) is 0.438. The van der Waals surface area contributed by atoms with Crippen molar-refractivity contribution >= 4 is 17.2 Å². The van der Waals surface area contributed by atoms with Crippen molar-refractivity contribution in [3.8, 4) is 0 Å². The van der Waals surface area contributed by atoms with E-state index in [1.54, 1.807) is 11.3 Å².